The monoisotopic (exact) mass is 208 g/mol. The van der Waals surface area contributed by atoms with Crippen molar-refractivity contribution in [3.8, 4) is 0 Å². The second-order valence-corrected chi connectivity index (χ2v) is 3.70. The molecule has 0 saturated heterocycles. The molecule has 0 aliphatic rings. The van der Waals surface area contributed by atoms with E-state index >= 15 is 0 Å². The van der Waals surface area contributed by atoms with Crippen LogP contribution in [0.4, 0.5) is 0 Å². The highest BCUT2D eigenvalue weighted by Crippen LogP contribution is 2.06. The Morgan fingerprint density at radius 3 is 2.73 bits per heavy atom. The number of carbonyl (C=O) groups is 1. The van der Waals surface area contributed by atoms with Gasteiger partial charge in [0.05, 0.1) is 12.6 Å². The lowest BCUT2D eigenvalue weighted by Crippen LogP contribution is -2.36. The maximum atomic E-state index is 11.8. The SMILES string of the molecule is CC(C)[C@H](N)C(=O)c1ccnc(CN)n1. The number of aromatic nitrogens is 2. The molecule has 0 aromatic carbocycles. The quantitative estimate of drug-likeness (QED) is 0.684. The highest BCUT2D eigenvalue weighted by atomic mass is 16.1. The first-order valence-electron chi connectivity index (χ1n) is 4.88. The van der Waals surface area contributed by atoms with Crippen molar-refractivity contribution < 1.29 is 4.79 Å². The van der Waals surface area contributed by atoms with Gasteiger partial charge in [-0.3, -0.25) is 4.79 Å². The minimum Gasteiger partial charge on any atom is -0.324 e. The van der Waals surface area contributed by atoms with Crippen LogP contribution < -0.4 is 11.5 Å². The Morgan fingerprint density at radius 2 is 2.20 bits per heavy atom. The Morgan fingerprint density at radius 1 is 1.53 bits per heavy atom. The Balaban J connectivity index is 2.91. The van der Waals surface area contributed by atoms with Gasteiger partial charge in [0.2, 0.25) is 0 Å². The average molecular weight is 208 g/mol. The molecule has 5 heteroatoms. The lowest BCUT2D eigenvalue weighted by atomic mass is 9.99. The summed E-state index contributed by atoms with van der Waals surface area (Å²) in [6.07, 6.45) is 1.52. The van der Waals surface area contributed by atoms with Crippen molar-refractivity contribution in [3.63, 3.8) is 0 Å². The second kappa shape index (κ2) is 4.95. The third kappa shape index (κ3) is 2.81. The summed E-state index contributed by atoms with van der Waals surface area (Å²) in [6, 6.07) is 1.04. The zero-order chi connectivity index (χ0) is 11.4. The average Bonchev–Trinajstić information content (AvgIpc) is 2.27. The number of hydrogen-bond acceptors (Lipinski definition) is 5. The third-order valence-electron chi connectivity index (χ3n) is 2.16. The summed E-state index contributed by atoms with van der Waals surface area (Å²) in [4.78, 5) is 19.7. The Bertz CT molecular complexity index is 351. The van der Waals surface area contributed by atoms with Crippen molar-refractivity contribution in [2.75, 3.05) is 0 Å². The van der Waals surface area contributed by atoms with E-state index in [4.69, 9.17) is 11.5 Å². The Kier molecular flexibility index (Phi) is 3.88. The van der Waals surface area contributed by atoms with Gasteiger partial charge in [-0.25, -0.2) is 9.97 Å². The van der Waals surface area contributed by atoms with E-state index in [0.29, 0.717) is 11.5 Å². The van der Waals surface area contributed by atoms with E-state index in [1.54, 1.807) is 6.07 Å². The van der Waals surface area contributed by atoms with Crippen LogP contribution in [0.1, 0.15) is 30.2 Å². The largest absolute Gasteiger partial charge is 0.324 e. The third-order valence-corrected chi connectivity index (χ3v) is 2.16. The zero-order valence-electron chi connectivity index (χ0n) is 8.97. The number of Topliss-reactive ketones (excluding diaryl/α,β-unsaturated/α-hetero) is 1. The number of nitrogens with zero attached hydrogens (tertiary/aromatic N) is 2. The fourth-order valence-corrected chi connectivity index (χ4v) is 1.11. The van der Waals surface area contributed by atoms with Crippen LogP contribution in [0.5, 0.6) is 0 Å². The Labute approximate surface area is 88.9 Å². The maximum Gasteiger partial charge on any atom is 0.198 e. The molecule has 0 saturated carbocycles. The molecule has 1 aromatic rings. The van der Waals surface area contributed by atoms with E-state index in [1.165, 1.54) is 6.20 Å². The molecule has 0 aliphatic heterocycles. The molecule has 0 spiro atoms. The Hall–Kier alpha value is -1.33. The summed E-state index contributed by atoms with van der Waals surface area (Å²) in [6.45, 7) is 4.01. The highest BCUT2D eigenvalue weighted by Gasteiger charge is 2.20. The van der Waals surface area contributed by atoms with Crippen LogP contribution in [0, 0.1) is 5.92 Å². The molecule has 15 heavy (non-hydrogen) atoms. The van der Waals surface area contributed by atoms with Gasteiger partial charge in [0, 0.05) is 6.20 Å². The summed E-state index contributed by atoms with van der Waals surface area (Å²) in [5.74, 6) is 0.382. The predicted molar refractivity (Wildman–Crippen MR) is 57.1 cm³/mol. The van der Waals surface area contributed by atoms with E-state index in [9.17, 15) is 4.79 Å². The van der Waals surface area contributed by atoms with E-state index < -0.39 is 6.04 Å². The van der Waals surface area contributed by atoms with Gasteiger partial charge in [-0.15, -0.1) is 0 Å². The molecule has 0 aliphatic carbocycles. The van der Waals surface area contributed by atoms with Crippen LogP contribution in [0.3, 0.4) is 0 Å². The van der Waals surface area contributed by atoms with Crippen molar-refractivity contribution >= 4 is 5.78 Å². The van der Waals surface area contributed by atoms with Crippen LogP contribution in [-0.4, -0.2) is 21.8 Å². The fourth-order valence-electron chi connectivity index (χ4n) is 1.11. The van der Waals surface area contributed by atoms with Crippen LogP contribution in [-0.2, 0) is 6.54 Å². The molecular weight excluding hydrogens is 192 g/mol. The van der Waals surface area contributed by atoms with Crippen LogP contribution in [0.25, 0.3) is 0 Å². The molecule has 0 amide bonds. The van der Waals surface area contributed by atoms with Crippen molar-refractivity contribution in [2.24, 2.45) is 17.4 Å². The van der Waals surface area contributed by atoms with E-state index in [0.717, 1.165) is 0 Å². The first kappa shape index (κ1) is 11.7. The van der Waals surface area contributed by atoms with Crippen molar-refractivity contribution in [2.45, 2.75) is 26.4 Å². The maximum absolute atomic E-state index is 11.8. The summed E-state index contributed by atoms with van der Waals surface area (Å²) in [5, 5.41) is 0. The molecule has 0 unspecified atom stereocenters. The molecule has 0 bridgehead atoms. The molecule has 82 valence electrons. The number of ketones is 1. The standard InChI is InChI=1S/C10H16N4O/c1-6(2)9(12)10(15)7-3-4-13-8(5-11)14-7/h3-4,6,9H,5,11-12H2,1-2H3/t9-/m0/s1. The van der Waals surface area contributed by atoms with E-state index in [1.807, 2.05) is 13.8 Å². The lowest BCUT2D eigenvalue weighted by molar-refractivity contribution is 0.0935. The second-order valence-electron chi connectivity index (χ2n) is 3.70. The first-order valence-corrected chi connectivity index (χ1v) is 4.88. The number of carbonyl (C=O) groups excluding carboxylic acids is 1. The van der Waals surface area contributed by atoms with Crippen LogP contribution in [0.2, 0.25) is 0 Å². The molecule has 1 atom stereocenters. The van der Waals surface area contributed by atoms with Gasteiger partial charge in [0.25, 0.3) is 0 Å². The van der Waals surface area contributed by atoms with Crippen LogP contribution >= 0.6 is 0 Å². The first-order chi connectivity index (χ1) is 7.06. The van der Waals surface area contributed by atoms with Crippen LogP contribution in [0.15, 0.2) is 12.3 Å². The summed E-state index contributed by atoms with van der Waals surface area (Å²) in [7, 11) is 0. The van der Waals surface area contributed by atoms with Gasteiger partial charge >= 0.3 is 0 Å². The predicted octanol–water partition coefficient (Wildman–Crippen LogP) is 0.101. The van der Waals surface area contributed by atoms with Gasteiger partial charge in [0.15, 0.2) is 5.78 Å². The van der Waals surface area contributed by atoms with Crippen molar-refractivity contribution in [1.29, 1.82) is 0 Å². The molecule has 1 aromatic heterocycles. The molecule has 1 rings (SSSR count). The van der Waals surface area contributed by atoms with Gasteiger partial charge in [-0.05, 0) is 12.0 Å². The number of hydrogen-bond donors (Lipinski definition) is 2. The highest BCUT2D eigenvalue weighted by molar-refractivity contribution is 5.98. The summed E-state index contributed by atoms with van der Waals surface area (Å²) < 4.78 is 0. The molecule has 0 fully saturated rings. The fraction of sp³-hybridized carbons (Fsp3) is 0.500. The van der Waals surface area contributed by atoms with Gasteiger partial charge in [-0.2, -0.15) is 0 Å². The topological polar surface area (TPSA) is 94.9 Å². The van der Waals surface area contributed by atoms with E-state index in [2.05, 4.69) is 9.97 Å². The van der Waals surface area contributed by atoms with Gasteiger partial charge in [0.1, 0.15) is 11.5 Å². The smallest absolute Gasteiger partial charge is 0.198 e. The molecular formula is C10H16N4O. The summed E-state index contributed by atoms with van der Waals surface area (Å²) in [5.41, 5.74) is 11.5. The van der Waals surface area contributed by atoms with Gasteiger partial charge in [-0.1, -0.05) is 13.8 Å². The van der Waals surface area contributed by atoms with Crippen molar-refractivity contribution in [3.05, 3.63) is 23.8 Å². The number of nitrogens with two attached hydrogens (primary N) is 2. The van der Waals surface area contributed by atoms with E-state index in [-0.39, 0.29) is 18.2 Å². The lowest BCUT2D eigenvalue weighted by Gasteiger charge is -2.13. The molecule has 0 radical (unpaired) electrons. The number of rotatable bonds is 4. The molecule has 4 N–H and O–H groups in total. The molecule has 5 nitrogen and oxygen atoms in total. The minimum atomic E-state index is -0.523. The normalized spacial score (nSPS) is 12.9. The zero-order valence-corrected chi connectivity index (χ0v) is 8.97. The molecule has 1 heterocycles. The minimum absolute atomic E-state index is 0.0915. The van der Waals surface area contributed by atoms with Gasteiger partial charge < -0.3 is 11.5 Å². The summed E-state index contributed by atoms with van der Waals surface area (Å²) >= 11 is 0. The van der Waals surface area contributed by atoms with Crippen molar-refractivity contribution in [1.82, 2.24) is 9.97 Å².